The van der Waals surface area contributed by atoms with Crippen LogP contribution in [-0.4, -0.2) is 74.3 Å². The number of rotatable bonds is 56. The predicted octanol–water partition coefficient (Wildman–Crippen LogP) is 19.4. The Labute approximate surface area is 469 Å². The third kappa shape index (κ3) is 55.9. The maximum atomic E-state index is 13.5. The van der Waals surface area contributed by atoms with Crippen molar-refractivity contribution >= 4 is 19.7 Å². The van der Waals surface area contributed by atoms with Crippen LogP contribution in [0.5, 0.6) is 0 Å². The van der Waals surface area contributed by atoms with Crippen LogP contribution in [0.1, 0.15) is 271 Å². The van der Waals surface area contributed by atoms with Crippen molar-refractivity contribution in [3.63, 3.8) is 0 Å². The molecule has 0 saturated carbocycles. The standard InChI is InChI=1S/C66H119N2O7P/c1-7-10-13-16-19-22-25-28-30-32-33-34-35-37-39-41-44-47-50-53-56-59-66(70)75-64(57-54-51-48-45-42-27-24-21-18-15-12-9-3)63(62-74-76(71,72)73-61-60-68(4,5)6)67-65(69)58-55-52-49-46-43-40-38-36-31-29-26-23-20-17-14-11-8-2/h11,14,20,23,28-31,38,40,46,49,54,57,63-64H,7-10,12-13,15-19,21-22,24-27,32-37,39,41-45,47-48,50-53,55-56,58-62H2,1-6H3,(H-,67,69,71,72)/p+1/b14-11-,23-20-,30-28+,31-29-,40-38-,49-46-,57-54+. The van der Waals surface area contributed by atoms with E-state index >= 15 is 0 Å². The second-order valence-corrected chi connectivity index (χ2v) is 23.6. The highest BCUT2D eigenvalue weighted by Gasteiger charge is 2.30. The topological polar surface area (TPSA) is 111 Å². The Morgan fingerprint density at radius 2 is 0.855 bits per heavy atom. The zero-order valence-corrected chi connectivity index (χ0v) is 51.1. The molecule has 0 aromatic rings. The smallest absolute Gasteiger partial charge is 0.456 e. The molecule has 0 aliphatic heterocycles. The number of carbonyl (C=O) groups is 2. The zero-order valence-electron chi connectivity index (χ0n) is 50.2. The maximum Gasteiger partial charge on any atom is 0.472 e. The molecule has 0 rings (SSSR count). The highest BCUT2D eigenvalue weighted by atomic mass is 31.2. The van der Waals surface area contributed by atoms with Crippen LogP contribution in [0, 0.1) is 0 Å². The number of quaternary nitrogens is 1. The minimum absolute atomic E-state index is 0.0267. The first-order valence-corrected chi connectivity index (χ1v) is 32.9. The summed E-state index contributed by atoms with van der Waals surface area (Å²) in [5, 5.41) is 3.02. The van der Waals surface area contributed by atoms with Crippen LogP contribution in [0.25, 0.3) is 0 Å². The van der Waals surface area contributed by atoms with E-state index in [1.807, 2.05) is 33.3 Å². The molecule has 1 amide bonds. The summed E-state index contributed by atoms with van der Waals surface area (Å²) in [6, 6.07) is -0.881. The van der Waals surface area contributed by atoms with Gasteiger partial charge in [0.2, 0.25) is 5.91 Å². The normalized spacial score (nSPS) is 14.2. The van der Waals surface area contributed by atoms with Gasteiger partial charge in [0, 0.05) is 12.8 Å². The summed E-state index contributed by atoms with van der Waals surface area (Å²) >= 11 is 0. The summed E-state index contributed by atoms with van der Waals surface area (Å²) in [6.07, 6.45) is 73.1. The van der Waals surface area contributed by atoms with E-state index in [-0.39, 0.29) is 37.9 Å². The van der Waals surface area contributed by atoms with Gasteiger partial charge >= 0.3 is 13.8 Å². The van der Waals surface area contributed by atoms with Crippen LogP contribution in [0.2, 0.25) is 0 Å². The van der Waals surface area contributed by atoms with Gasteiger partial charge in [0.15, 0.2) is 0 Å². The van der Waals surface area contributed by atoms with Gasteiger partial charge in [-0.1, -0.05) is 247 Å². The van der Waals surface area contributed by atoms with Crippen molar-refractivity contribution < 1.29 is 37.3 Å². The molecule has 0 radical (unpaired) electrons. The summed E-state index contributed by atoms with van der Waals surface area (Å²) in [5.41, 5.74) is 0. The number of amides is 1. The van der Waals surface area contributed by atoms with Crippen LogP contribution in [0.3, 0.4) is 0 Å². The van der Waals surface area contributed by atoms with Crippen LogP contribution >= 0.6 is 7.82 Å². The molecular formula is C66H120N2O7P+. The Kier molecular flexibility index (Phi) is 53.5. The summed E-state index contributed by atoms with van der Waals surface area (Å²) in [5.74, 6) is -0.573. The molecule has 0 spiro atoms. The molecule has 0 aliphatic rings. The van der Waals surface area contributed by atoms with Gasteiger partial charge in [0.25, 0.3) is 0 Å². The van der Waals surface area contributed by atoms with E-state index in [9.17, 15) is 19.0 Å². The molecule has 76 heavy (non-hydrogen) atoms. The molecule has 0 aromatic carbocycles. The van der Waals surface area contributed by atoms with E-state index in [0.29, 0.717) is 17.4 Å². The summed E-state index contributed by atoms with van der Waals surface area (Å²) < 4.78 is 30.7. The number of hydrogen-bond acceptors (Lipinski definition) is 6. The molecule has 0 fully saturated rings. The number of likely N-dealkylation sites (N-methyl/N-ethyl adjacent to an activating group) is 1. The minimum atomic E-state index is -4.47. The Bertz CT molecular complexity index is 1580. The van der Waals surface area contributed by atoms with Crippen molar-refractivity contribution in [2.75, 3.05) is 40.9 Å². The van der Waals surface area contributed by atoms with E-state index in [0.717, 1.165) is 77.0 Å². The Hall–Kier alpha value is -2.81. The molecule has 0 heterocycles. The molecule has 3 unspecified atom stereocenters. The lowest BCUT2D eigenvalue weighted by Gasteiger charge is -2.27. The second-order valence-electron chi connectivity index (χ2n) is 22.2. The Morgan fingerprint density at radius 3 is 1.30 bits per heavy atom. The highest BCUT2D eigenvalue weighted by Crippen LogP contribution is 2.43. The summed E-state index contributed by atoms with van der Waals surface area (Å²) in [7, 11) is 1.45. The van der Waals surface area contributed by atoms with Crippen molar-refractivity contribution in [3.05, 3.63) is 85.1 Å². The fourth-order valence-corrected chi connectivity index (χ4v) is 9.47. The van der Waals surface area contributed by atoms with E-state index in [4.69, 9.17) is 13.8 Å². The third-order valence-electron chi connectivity index (χ3n) is 13.6. The maximum absolute atomic E-state index is 13.5. The number of unbranched alkanes of at least 4 members (excludes halogenated alkanes) is 28. The van der Waals surface area contributed by atoms with Crippen molar-refractivity contribution in [2.45, 2.75) is 283 Å². The zero-order chi connectivity index (χ0) is 55.7. The fraction of sp³-hybridized carbons (Fsp3) is 0.758. The lowest BCUT2D eigenvalue weighted by molar-refractivity contribution is -0.870. The molecule has 10 heteroatoms. The summed E-state index contributed by atoms with van der Waals surface area (Å²) in [6.45, 7) is 6.86. The molecule has 440 valence electrons. The van der Waals surface area contributed by atoms with Crippen LogP contribution in [0.15, 0.2) is 85.1 Å². The quantitative estimate of drug-likeness (QED) is 0.0205. The molecule has 2 N–H and O–H groups in total. The average molecular weight is 1080 g/mol. The van der Waals surface area contributed by atoms with Gasteiger partial charge in [-0.3, -0.25) is 18.6 Å². The molecule has 0 aromatic heterocycles. The molecular weight excluding hydrogens is 964 g/mol. The second kappa shape index (κ2) is 55.5. The number of carbonyl (C=O) groups excluding carboxylic acids is 2. The fourth-order valence-electron chi connectivity index (χ4n) is 8.74. The lowest BCUT2D eigenvalue weighted by atomic mass is 10.0. The average Bonchev–Trinajstić information content (AvgIpc) is 3.38. The van der Waals surface area contributed by atoms with Gasteiger partial charge in [-0.25, -0.2) is 4.57 Å². The van der Waals surface area contributed by atoms with Gasteiger partial charge in [-0.05, 0) is 96.0 Å². The first kappa shape index (κ1) is 73.2. The summed E-state index contributed by atoms with van der Waals surface area (Å²) in [4.78, 5) is 37.7. The number of nitrogens with one attached hydrogen (secondary N) is 1. The Morgan fingerprint density at radius 1 is 0.474 bits per heavy atom. The van der Waals surface area contributed by atoms with Gasteiger partial charge in [-0.15, -0.1) is 0 Å². The largest absolute Gasteiger partial charge is 0.472 e. The van der Waals surface area contributed by atoms with Crippen LogP contribution < -0.4 is 5.32 Å². The Balaban J connectivity index is 5.30. The number of phosphoric acid groups is 1. The molecule has 0 bridgehead atoms. The first-order valence-electron chi connectivity index (χ1n) is 31.4. The molecule has 0 aliphatic carbocycles. The minimum Gasteiger partial charge on any atom is -0.456 e. The number of ether oxygens (including phenoxy) is 1. The van der Waals surface area contributed by atoms with Gasteiger partial charge in [0.05, 0.1) is 33.8 Å². The van der Waals surface area contributed by atoms with E-state index < -0.39 is 20.0 Å². The van der Waals surface area contributed by atoms with Crippen molar-refractivity contribution in [1.29, 1.82) is 0 Å². The highest BCUT2D eigenvalue weighted by molar-refractivity contribution is 7.47. The van der Waals surface area contributed by atoms with E-state index in [1.54, 1.807) is 0 Å². The van der Waals surface area contributed by atoms with E-state index in [1.165, 1.54) is 154 Å². The van der Waals surface area contributed by atoms with Crippen molar-refractivity contribution in [2.24, 2.45) is 0 Å². The van der Waals surface area contributed by atoms with Gasteiger partial charge in [0.1, 0.15) is 19.3 Å². The third-order valence-corrected chi connectivity index (χ3v) is 14.6. The monoisotopic (exact) mass is 1080 g/mol. The number of esters is 1. The first-order chi connectivity index (χ1) is 36.9. The SMILES string of the molecule is CC/C=C\C/C=C\C/C=C\C/C=C\C/C=C\CCCC(=O)NC(COP(=O)(O)OCC[N+](C)(C)C)C(/C=C/CCCCCCCCCCCC)OC(=O)CCCCCCCCCCCCC/C=C/CCCCCCCC. The van der Waals surface area contributed by atoms with E-state index in [2.05, 4.69) is 99.0 Å². The lowest BCUT2D eigenvalue weighted by Crippen LogP contribution is -2.47. The number of nitrogens with zero attached hydrogens (tertiary/aromatic N) is 1. The van der Waals surface area contributed by atoms with Crippen molar-refractivity contribution in [1.82, 2.24) is 5.32 Å². The number of allylic oxidation sites excluding steroid dienone is 13. The number of hydrogen-bond donors (Lipinski definition) is 2. The van der Waals surface area contributed by atoms with Crippen LogP contribution in [0.4, 0.5) is 0 Å². The van der Waals surface area contributed by atoms with Gasteiger partial charge < -0.3 is 19.4 Å². The predicted molar refractivity (Wildman–Crippen MR) is 328 cm³/mol. The van der Waals surface area contributed by atoms with Crippen molar-refractivity contribution in [3.8, 4) is 0 Å². The van der Waals surface area contributed by atoms with Gasteiger partial charge in [-0.2, -0.15) is 0 Å². The van der Waals surface area contributed by atoms with Crippen LogP contribution in [-0.2, 0) is 27.9 Å². The molecule has 3 atom stereocenters. The molecule has 9 nitrogen and oxygen atoms in total. The molecule has 0 saturated heterocycles. The number of phosphoric ester groups is 1.